The van der Waals surface area contributed by atoms with Gasteiger partial charge in [-0.2, -0.15) is 5.26 Å². The zero-order valence-corrected chi connectivity index (χ0v) is 15.5. The van der Waals surface area contributed by atoms with E-state index in [1.54, 1.807) is 24.3 Å². The van der Waals surface area contributed by atoms with Crippen LogP contribution < -0.4 is 5.32 Å². The number of amides is 1. The van der Waals surface area contributed by atoms with Crippen molar-refractivity contribution in [1.29, 1.82) is 5.26 Å². The SMILES string of the molecule is Cc1ccc(C2CCC([C@@H](C)C(=O)Nc3ccc(C#N)cc3)CC2)cc1. The zero-order chi connectivity index (χ0) is 18.5. The third-order valence-corrected chi connectivity index (χ3v) is 5.72. The Balaban J connectivity index is 1.53. The van der Waals surface area contributed by atoms with Crippen LogP contribution in [0.5, 0.6) is 0 Å². The topological polar surface area (TPSA) is 52.9 Å². The molecule has 1 aliphatic carbocycles. The molecule has 2 aromatic carbocycles. The second kappa shape index (κ2) is 8.19. The summed E-state index contributed by atoms with van der Waals surface area (Å²) in [7, 11) is 0. The van der Waals surface area contributed by atoms with Crippen molar-refractivity contribution in [2.24, 2.45) is 11.8 Å². The largest absolute Gasteiger partial charge is 0.326 e. The molecule has 1 atom stereocenters. The fourth-order valence-electron chi connectivity index (χ4n) is 3.89. The highest BCUT2D eigenvalue weighted by Gasteiger charge is 2.29. The molecule has 26 heavy (non-hydrogen) atoms. The molecule has 0 unspecified atom stereocenters. The van der Waals surface area contributed by atoms with Crippen molar-refractivity contribution in [3.05, 3.63) is 65.2 Å². The van der Waals surface area contributed by atoms with Gasteiger partial charge in [-0.05, 0) is 74.3 Å². The number of anilines is 1. The van der Waals surface area contributed by atoms with Crippen molar-refractivity contribution in [2.45, 2.75) is 45.4 Å². The molecule has 0 aromatic heterocycles. The standard InChI is InChI=1S/C23H26N2O/c1-16-3-7-20(8-4-16)21-11-9-19(10-12-21)17(2)23(26)25-22-13-5-18(15-24)6-14-22/h3-8,13-14,17,19,21H,9-12H2,1-2H3,(H,25,26)/t17-,19?,21?/m1/s1. The molecule has 1 saturated carbocycles. The number of hydrogen-bond donors (Lipinski definition) is 1. The summed E-state index contributed by atoms with van der Waals surface area (Å²) in [5, 5.41) is 11.8. The number of rotatable bonds is 4. The highest BCUT2D eigenvalue weighted by Crippen LogP contribution is 2.39. The molecule has 0 aliphatic heterocycles. The zero-order valence-electron chi connectivity index (χ0n) is 15.5. The quantitative estimate of drug-likeness (QED) is 0.804. The third kappa shape index (κ3) is 4.32. The fraction of sp³-hybridized carbons (Fsp3) is 0.391. The first-order valence-electron chi connectivity index (χ1n) is 9.44. The van der Waals surface area contributed by atoms with E-state index >= 15 is 0 Å². The lowest BCUT2D eigenvalue weighted by Crippen LogP contribution is -2.29. The molecular weight excluding hydrogens is 320 g/mol. The molecule has 2 aromatic rings. The minimum absolute atomic E-state index is 0.00427. The summed E-state index contributed by atoms with van der Waals surface area (Å²) in [6, 6.07) is 18.0. The number of hydrogen-bond acceptors (Lipinski definition) is 2. The Bertz CT molecular complexity index is 778. The van der Waals surface area contributed by atoms with Gasteiger partial charge in [-0.25, -0.2) is 0 Å². The molecule has 3 heteroatoms. The molecule has 0 radical (unpaired) electrons. The van der Waals surface area contributed by atoms with Crippen LogP contribution in [0.25, 0.3) is 0 Å². The minimum atomic E-state index is 0.00427. The van der Waals surface area contributed by atoms with Gasteiger partial charge < -0.3 is 5.32 Å². The van der Waals surface area contributed by atoms with Crippen LogP contribution in [0.1, 0.15) is 55.2 Å². The van der Waals surface area contributed by atoms with Gasteiger partial charge in [0.2, 0.25) is 5.91 Å². The number of aryl methyl sites for hydroxylation is 1. The Kier molecular flexibility index (Phi) is 5.73. The summed E-state index contributed by atoms with van der Waals surface area (Å²) < 4.78 is 0. The first-order chi connectivity index (χ1) is 12.6. The van der Waals surface area contributed by atoms with Crippen molar-refractivity contribution in [3.63, 3.8) is 0 Å². The Labute approximate surface area is 156 Å². The summed E-state index contributed by atoms with van der Waals surface area (Å²) in [5.74, 6) is 1.15. The van der Waals surface area contributed by atoms with Gasteiger partial charge >= 0.3 is 0 Å². The summed E-state index contributed by atoms with van der Waals surface area (Å²) in [6.45, 7) is 4.16. The predicted octanol–water partition coefficient (Wildman–Crippen LogP) is 5.42. The van der Waals surface area contributed by atoms with Gasteiger partial charge in [0, 0.05) is 11.6 Å². The van der Waals surface area contributed by atoms with Gasteiger partial charge in [0.05, 0.1) is 11.6 Å². The van der Waals surface area contributed by atoms with Crippen LogP contribution in [0.4, 0.5) is 5.69 Å². The number of nitrogens with zero attached hydrogens (tertiary/aromatic N) is 1. The van der Waals surface area contributed by atoms with Gasteiger partial charge in [0.25, 0.3) is 0 Å². The molecule has 134 valence electrons. The van der Waals surface area contributed by atoms with E-state index in [0.717, 1.165) is 31.4 Å². The van der Waals surface area contributed by atoms with Crippen molar-refractivity contribution >= 4 is 11.6 Å². The molecule has 3 rings (SSSR count). The van der Waals surface area contributed by atoms with Gasteiger partial charge in [0.15, 0.2) is 0 Å². The number of benzene rings is 2. The van der Waals surface area contributed by atoms with Crippen molar-refractivity contribution < 1.29 is 4.79 Å². The molecule has 0 bridgehead atoms. The van der Waals surface area contributed by atoms with Gasteiger partial charge in [-0.1, -0.05) is 36.8 Å². The fourth-order valence-corrected chi connectivity index (χ4v) is 3.89. The lowest BCUT2D eigenvalue weighted by Gasteiger charge is -2.32. The average Bonchev–Trinajstić information content (AvgIpc) is 2.69. The number of nitrogens with one attached hydrogen (secondary N) is 1. The smallest absolute Gasteiger partial charge is 0.227 e. The van der Waals surface area contributed by atoms with Crippen LogP contribution in [0.3, 0.4) is 0 Å². The van der Waals surface area contributed by atoms with Crippen molar-refractivity contribution in [3.8, 4) is 6.07 Å². The number of carbonyl (C=O) groups is 1. The first-order valence-corrected chi connectivity index (χ1v) is 9.44. The Hall–Kier alpha value is -2.60. The van der Waals surface area contributed by atoms with E-state index in [1.165, 1.54) is 11.1 Å². The minimum Gasteiger partial charge on any atom is -0.326 e. The van der Waals surface area contributed by atoms with Crippen LogP contribution in [-0.2, 0) is 4.79 Å². The normalized spacial score (nSPS) is 20.8. The Morgan fingerprint density at radius 3 is 2.23 bits per heavy atom. The molecule has 0 spiro atoms. The molecular formula is C23H26N2O. The Morgan fingerprint density at radius 1 is 1.04 bits per heavy atom. The second-order valence-electron chi connectivity index (χ2n) is 7.49. The van der Waals surface area contributed by atoms with Gasteiger partial charge in [0.1, 0.15) is 0 Å². The number of carbonyl (C=O) groups excluding carboxylic acids is 1. The highest BCUT2D eigenvalue weighted by molar-refractivity contribution is 5.92. The van der Waals surface area contributed by atoms with E-state index in [2.05, 4.69) is 42.6 Å². The molecule has 0 saturated heterocycles. The summed E-state index contributed by atoms with van der Waals surface area (Å²) in [4.78, 5) is 12.6. The lowest BCUT2D eigenvalue weighted by molar-refractivity contribution is -0.121. The van der Waals surface area contributed by atoms with Gasteiger partial charge in [-0.15, -0.1) is 0 Å². The third-order valence-electron chi connectivity index (χ3n) is 5.72. The predicted molar refractivity (Wildman–Crippen MR) is 105 cm³/mol. The molecule has 0 heterocycles. The van der Waals surface area contributed by atoms with E-state index in [9.17, 15) is 4.79 Å². The van der Waals surface area contributed by atoms with Crippen LogP contribution >= 0.6 is 0 Å². The second-order valence-corrected chi connectivity index (χ2v) is 7.49. The maximum atomic E-state index is 12.6. The van der Waals surface area contributed by atoms with Crippen molar-refractivity contribution in [2.75, 3.05) is 5.32 Å². The average molecular weight is 346 g/mol. The molecule has 1 fully saturated rings. The maximum Gasteiger partial charge on any atom is 0.227 e. The van der Waals surface area contributed by atoms with E-state index < -0.39 is 0 Å². The van der Waals surface area contributed by atoms with E-state index in [4.69, 9.17) is 5.26 Å². The van der Waals surface area contributed by atoms with Crippen molar-refractivity contribution in [1.82, 2.24) is 0 Å². The van der Waals surface area contributed by atoms with E-state index in [-0.39, 0.29) is 11.8 Å². The monoisotopic (exact) mass is 346 g/mol. The maximum absolute atomic E-state index is 12.6. The van der Waals surface area contributed by atoms with E-state index in [1.807, 2.05) is 6.92 Å². The summed E-state index contributed by atoms with van der Waals surface area (Å²) in [5.41, 5.74) is 4.10. The van der Waals surface area contributed by atoms with Gasteiger partial charge in [-0.3, -0.25) is 4.79 Å². The van der Waals surface area contributed by atoms with E-state index in [0.29, 0.717) is 17.4 Å². The molecule has 1 aliphatic rings. The Morgan fingerprint density at radius 2 is 1.65 bits per heavy atom. The number of nitriles is 1. The molecule has 1 amide bonds. The van der Waals surface area contributed by atoms with Crippen LogP contribution in [0.2, 0.25) is 0 Å². The highest BCUT2D eigenvalue weighted by atomic mass is 16.1. The van der Waals surface area contributed by atoms with Crippen LogP contribution in [0, 0.1) is 30.1 Å². The lowest BCUT2D eigenvalue weighted by atomic mass is 9.74. The summed E-state index contributed by atoms with van der Waals surface area (Å²) in [6.07, 6.45) is 4.51. The summed E-state index contributed by atoms with van der Waals surface area (Å²) >= 11 is 0. The molecule has 1 N–H and O–H groups in total. The first kappa shape index (κ1) is 18.2. The van der Waals surface area contributed by atoms with Crippen LogP contribution in [0.15, 0.2) is 48.5 Å². The molecule has 3 nitrogen and oxygen atoms in total. The van der Waals surface area contributed by atoms with Crippen LogP contribution in [-0.4, -0.2) is 5.91 Å².